The summed E-state index contributed by atoms with van der Waals surface area (Å²) in [5, 5.41) is 4.49. The molecule has 0 spiro atoms. The Hall–Kier alpha value is -2.71. The molecule has 0 unspecified atom stereocenters. The number of halogens is 3. The fraction of sp³-hybridized carbons (Fsp3) is 0.524. The molecule has 30 heavy (non-hydrogen) atoms. The summed E-state index contributed by atoms with van der Waals surface area (Å²) in [5.41, 5.74) is -0.367. The highest BCUT2D eigenvalue weighted by atomic mass is 19.4. The number of amides is 1. The highest BCUT2D eigenvalue weighted by Gasteiger charge is 2.33. The highest BCUT2D eigenvalue weighted by Crippen LogP contribution is 2.27. The first-order valence-electron chi connectivity index (χ1n) is 9.86. The van der Waals surface area contributed by atoms with Gasteiger partial charge in [0.15, 0.2) is 0 Å². The zero-order valence-electron chi connectivity index (χ0n) is 17.2. The van der Waals surface area contributed by atoms with E-state index in [0.717, 1.165) is 24.0 Å². The predicted octanol–water partition coefficient (Wildman–Crippen LogP) is 3.51. The second-order valence-corrected chi connectivity index (χ2v) is 8.65. The van der Waals surface area contributed by atoms with Gasteiger partial charge in [0.2, 0.25) is 0 Å². The molecule has 1 saturated heterocycles. The van der Waals surface area contributed by atoms with Crippen molar-refractivity contribution in [2.24, 2.45) is 5.92 Å². The molecule has 1 amide bonds. The molecule has 0 N–H and O–H groups in total. The van der Waals surface area contributed by atoms with Crippen molar-refractivity contribution in [3.63, 3.8) is 0 Å². The zero-order valence-corrected chi connectivity index (χ0v) is 17.2. The fourth-order valence-electron chi connectivity index (χ4n) is 3.41. The van der Waals surface area contributed by atoms with Crippen molar-refractivity contribution >= 4 is 5.91 Å². The maximum Gasteiger partial charge on any atom is 0.433 e. The van der Waals surface area contributed by atoms with E-state index in [9.17, 15) is 22.8 Å². The molecule has 0 saturated carbocycles. The van der Waals surface area contributed by atoms with Gasteiger partial charge in [-0.15, -0.1) is 0 Å². The van der Waals surface area contributed by atoms with Crippen LogP contribution in [0.5, 0.6) is 0 Å². The minimum absolute atomic E-state index is 0.136. The van der Waals surface area contributed by atoms with Crippen molar-refractivity contribution in [3.8, 4) is 0 Å². The van der Waals surface area contributed by atoms with Gasteiger partial charge in [0.25, 0.3) is 11.5 Å². The van der Waals surface area contributed by atoms with Gasteiger partial charge in [-0.25, -0.2) is 4.68 Å². The summed E-state index contributed by atoms with van der Waals surface area (Å²) in [6.45, 7) is 7.52. The number of pyridine rings is 1. The van der Waals surface area contributed by atoms with Gasteiger partial charge in [-0.05, 0) is 37.0 Å². The Balaban J connectivity index is 1.61. The molecular formula is C21H25F3N4O2. The lowest BCUT2D eigenvalue weighted by molar-refractivity contribution is -0.141. The Bertz CT molecular complexity index is 954. The third kappa shape index (κ3) is 5.06. The first-order valence-corrected chi connectivity index (χ1v) is 9.86. The second kappa shape index (κ2) is 8.20. The second-order valence-electron chi connectivity index (χ2n) is 8.65. The van der Waals surface area contributed by atoms with E-state index in [2.05, 4.69) is 10.1 Å². The molecule has 1 aliphatic rings. The number of alkyl halides is 3. The van der Waals surface area contributed by atoms with E-state index in [1.54, 1.807) is 11.0 Å². The van der Waals surface area contributed by atoms with Crippen molar-refractivity contribution in [2.45, 2.75) is 51.7 Å². The van der Waals surface area contributed by atoms with Crippen LogP contribution in [0.15, 0.2) is 35.3 Å². The molecular weight excluding hydrogens is 397 g/mol. The number of nitrogens with zero attached hydrogens (tertiary/aromatic N) is 4. The Morgan fingerprint density at radius 2 is 1.70 bits per heavy atom. The van der Waals surface area contributed by atoms with E-state index >= 15 is 0 Å². The number of aromatic nitrogens is 3. The Morgan fingerprint density at radius 3 is 2.23 bits per heavy atom. The van der Waals surface area contributed by atoms with Gasteiger partial charge in [0.1, 0.15) is 5.69 Å². The topological polar surface area (TPSA) is 68.1 Å². The highest BCUT2D eigenvalue weighted by molar-refractivity contribution is 5.94. The zero-order chi connectivity index (χ0) is 22.1. The largest absolute Gasteiger partial charge is 0.433 e. The number of rotatable bonds is 3. The van der Waals surface area contributed by atoms with Crippen LogP contribution in [0.4, 0.5) is 13.2 Å². The molecule has 0 radical (unpaired) electrons. The summed E-state index contributed by atoms with van der Waals surface area (Å²) in [7, 11) is 0. The van der Waals surface area contributed by atoms with Gasteiger partial charge >= 0.3 is 6.18 Å². The van der Waals surface area contributed by atoms with Crippen molar-refractivity contribution in [1.29, 1.82) is 0 Å². The maximum atomic E-state index is 12.6. The van der Waals surface area contributed by atoms with Crippen LogP contribution in [0.3, 0.4) is 0 Å². The summed E-state index contributed by atoms with van der Waals surface area (Å²) in [5.74, 6) is -0.139. The van der Waals surface area contributed by atoms with E-state index in [-0.39, 0.29) is 28.4 Å². The van der Waals surface area contributed by atoms with Crippen LogP contribution in [0, 0.1) is 5.92 Å². The van der Waals surface area contributed by atoms with Crippen molar-refractivity contribution in [2.75, 3.05) is 13.1 Å². The van der Waals surface area contributed by atoms with Gasteiger partial charge < -0.3 is 4.90 Å². The van der Waals surface area contributed by atoms with E-state index in [0.29, 0.717) is 32.5 Å². The number of hydrogen-bond acceptors (Lipinski definition) is 4. The van der Waals surface area contributed by atoms with E-state index in [4.69, 9.17) is 0 Å². The lowest BCUT2D eigenvalue weighted by Crippen LogP contribution is -2.40. The molecule has 1 aliphatic heterocycles. The van der Waals surface area contributed by atoms with Gasteiger partial charge in [-0.3, -0.25) is 14.6 Å². The van der Waals surface area contributed by atoms with Crippen LogP contribution in [0.1, 0.15) is 55.4 Å². The molecule has 6 nitrogen and oxygen atoms in total. The van der Waals surface area contributed by atoms with Crippen LogP contribution in [0.25, 0.3) is 0 Å². The molecule has 162 valence electrons. The lowest BCUT2D eigenvalue weighted by Gasteiger charge is -2.32. The molecule has 3 rings (SSSR count). The normalized spacial score (nSPS) is 16.0. The summed E-state index contributed by atoms with van der Waals surface area (Å²) in [6.07, 6.45) is -2.18. The number of carbonyl (C=O) groups excluding carboxylic acids is 1. The Kier molecular flexibility index (Phi) is 6.01. The molecule has 0 aliphatic carbocycles. The molecule has 0 bridgehead atoms. The SMILES string of the molecule is CC(C)(C)c1ccc(=O)n(CC2CCN(C(=O)c3ccc(C(F)(F)F)nc3)CC2)n1. The predicted molar refractivity (Wildman–Crippen MR) is 105 cm³/mol. The van der Waals surface area contributed by atoms with Gasteiger partial charge in [-0.2, -0.15) is 18.3 Å². The number of hydrogen-bond donors (Lipinski definition) is 0. The smallest absolute Gasteiger partial charge is 0.339 e. The Labute approximate surface area is 172 Å². The van der Waals surface area contributed by atoms with Crippen LogP contribution in [-0.4, -0.2) is 38.7 Å². The minimum Gasteiger partial charge on any atom is -0.339 e. The van der Waals surface area contributed by atoms with Crippen LogP contribution in [0.2, 0.25) is 0 Å². The molecule has 0 aromatic carbocycles. The average molecular weight is 422 g/mol. The number of likely N-dealkylation sites (tertiary alicyclic amines) is 1. The third-order valence-electron chi connectivity index (χ3n) is 5.27. The van der Waals surface area contributed by atoms with Gasteiger partial charge in [-0.1, -0.05) is 20.8 Å². The maximum absolute atomic E-state index is 12.6. The molecule has 9 heteroatoms. The van der Waals surface area contributed by atoms with Crippen molar-refractivity contribution in [3.05, 3.63) is 57.8 Å². The van der Waals surface area contributed by atoms with Crippen LogP contribution >= 0.6 is 0 Å². The Morgan fingerprint density at radius 1 is 1.07 bits per heavy atom. The molecule has 3 heterocycles. The lowest BCUT2D eigenvalue weighted by atomic mass is 9.92. The van der Waals surface area contributed by atoms with E-state index < -0.39 is 11.9 Å². The quantitative estimate of drug-likeness (QED) is 0.759. The fourth-order valence-corrected chi connectivity index (χ4v) is 3.41. The first-order chi connectivity index (χ1) is 13.9. The summed E-state index contributed by atoms with van der Waals surface area (Å²) in [6, 6.07) is 5.26. The van der Waals surface area contributed by atoms with Crippen LogP contribution < -0.4 is 5.56 Å². The molecule has 2 aromatic heterocycles. The van der Waals surface area contributed by atoms with Gasteiger partial charge in [0.05, 0.1) is 11.3 Å². The molecule has 1 fully saturated rings. The minimum atomic E-state index is -4.53. The standard InChI is InChI=1S/C21H25F3N4O2/c1-20(2,3)16-6-7-18(29)28(26-16)13-14-8-10-27(11-9-14)19(30)15-4-5-17(25-12-15)21(22,23)24/h4-7,12,14H,8-11,13H2,1-3H3. The van der Waals surface area contributed by atoms with Crippen molar-refractivity contribution in [1.82, 2.24) is 19.7 Å². The monoisotopic (exact) mass is 422 g/mol. The molecule has 2 aromatic rings. The summed E-state index contributed by atoms with van der Waals surface area (Å²) >= 11 is 0. The number of carbonyl (C=O) groups is 1. The number of piperidine rings is 1. The molecule has 0 atom stereocenters. The van der Waals surface area contributed by atoms with Crippen LogP contribution in [-0.2, 0) is 18.1 Å². The average Bonchev–Trinajstić information content (AvgIpc) is 2.68. The first kappa shape index (κ1) is 22.0. The van der Waals surface area contributed by atoms with E-state index in [1.807, 2.05) is 20.8 Å². The van der Waals surface area contributed by atoms with E-state index in [1.165, 1.54) is 10.7 Å². The van der Waals surface area contributed by atoms with Crippen molar-refractivity contribution < 1.29 is 18.0 Å². The summed E-state index contributed by atoms with van der Waals surface area (Å²) < 4.78 is 39.4. The van der Waals surface area contributed by atoms with Gasteiger partial charge in [0, 0.05) is 37.3 Å². The summed E-state index contributed by atoms with van der Waals surface area (Å²) in [4.78, 5) is 29.7. The third-order valence-corrected chi connectivity index (χ3v) is 5.27.